The summed E-state index contributed by atoms with van der Waals surface area (Å²) in [7, 11) is 3.13. The fourth-order valence-electron chi connectivity index (χ4n) is 4.24. The van der Waals surface area contributed by atoms with Crippen LogP contribution in [0.15, 0.2) is 18.2 Å². The van der Waals surface area contributed by atoms with Gasteiger partial charge in [-0.1, -0.05) is 33.3 Å². The molecule has 168 valence electrons. The number of carbonyl (C=O) groups is 2. The van der Waals surface area contributed by atoms with Crippen molar-refractivity contribution >= 4 is 28.2 Å². The number of primary amides is 1. The van der Waals surface area contributed by atoms with Crippen molar-refractivity contribution in [2.24, 2.45) is 17.1 Å². The molecule has 0 saturated carbocycles. The third-order valence-corrected chi connectivity index (χ3v) is 7.76. The van der Waals surface area contributed by atoms with Gasteiger partial charge in [0.15, 0.2) is 11.5 Å². The van der Waals surface area contributed by atoms with Crippen LogP contribution in [0.1, 0.15) is 60.0 Å². The van der Waals surface area contributed by atoms with Crippen molar-refractivity contribution in [3.63, 3.8) is 0 Å². The van der Waals surface area contributed by atoms with Crippen molar-refractivity contribution in [2.45, 2.75) is 52.9 Å². The molecule has 3 rings (SSSR count). The summed E-state index contributed by atoms with van der Waals surface area (Å²) in [5.74, 6) is 1.06. The Morgan fingerprint density at radius 2 is 1.94 bits per heavy atom. The Balaban J connectivity index is 1.80. The monoisotopic (exact) mass is 444 g/mol. The molecular formula is C24H32N2O4S. The van der Waals surface area contributed by atoms with Crippen molar-refractivity contribution in [2.75, 3.05) is 19.5 Å². The average molecular weight is 445 g/mol. The van der Waals surface area contributed by atoms with Gasteiger partial charge in [-0.25, -0.2) is 0 Å². The van der Waals surface area contributed by atoms with Gasteiger partial charge in [-0.05, 0) is 53.9 Å². The molecule has 1 aromatic carbocycles. The van der Waals surface area contributed by atoms with Crippen LogP contribution in [-0.2, 0) is 24.1 Å². The highest BCUT2D eigenvalue weighted by Gasteiger charge is 2.35. The lowest BCUT2D eigenvalue weighted by Gasteiger charge is -2.36. The van der Waals surface area contributed by atoms with Crippen molar-refractivity contribution in [1.82, 2.24) is 0 Å². The Kier molecular flexibility index (Phi) is 6.94. The Hall–Kier alpha value is -2.54. The average Bonchev–Trinajstić information content (AvgIpc) is 3.10. The van der Waals surface area contributed by atoms with Crippen LogP contribution >= 0.6 is 11.3 Å². The maximum atomic E-state index is 12.8. The van der Waals surface area contributed by atoms with Crippen LogP contribution in [0.25, 0.3) is 0 Å². The highest BCUT2D eigenvalue weighted by molar-refractivity contribution is 7.17. The standard InChI is InChI=1S/C24H32N2O4S/c1-6-24(2,3)15-8-9-16-19(13-15)31-23(21(16)22(25)28)26-20(27)12-14-7-10-17(29-4)18(11-14)30-5/h7,10-11,15H,6,8-9,12-13H2,1-5H3,(H2,25,28)(H,26,27)/t15-/m0/s1. The molecule has 0 unspecified atom stereocenters. The van der Waals surface area contributed by atoms with Gasteiger partial charge in [0.1, 0.15) is 5.00 Å². The molecule has 7 heteroatoms. The molecule has 0 fully saturated rings. The van der Waals surface area contributed by atoms with E-state index < -0.39 is 5.91 Å². The van der Waals surface area contributed by atoms with E-state index in [4.69, 9.17) is 15.2 Å². The quantitative estimate of drug-likeness (QED) is 0.623. The van der Waals surface area contributed by atoms with Gasteiger partial charge in [0, 0.05) is 4.88 Å². The smallest absolute Gasteiger partial charge is 0.251 e. The summed E-state index contributed by atoms with van der Waals surface area (Å²) >= 11 is 1.50. The Bertz CT molecular complexity index is 980. The molecule has 2 aromatic rings. The first kappa shape index (κ1) is 23.1. The summed E-state index contributed by atoms with van der Waals surface area (Å²) in [6.45, 7) is 6.83. The van der Waals surface area contributed by atoms with Crippen molar-refractivity contribution < 1.29 is 19.1 Å². The minimum Gasteiger partial charge on any atom is -0.493 e. The summed E-state index contributed by atoms with van der Waals surface area (Å²) in [6, 6.07) is 5.38. The third kappa shape index (κ3) is 4.87. The zero-order valence-electron chi connectivity index (χ0n) is 19.0. The number of nitrogens with two attached hydrogens (primary N) is 1. The molecule has 0 aliphatic heterocycles. The van der Waals surface area contributed by atoms with Crippen LogP contribution in [0.2, 0.25) is 0 Å². The number of methoxy groups -OCH3 is 2. The predicted octanol–water partition coefficient (Wildman–Crippen LogP) is 4.59. The number of hydrogen-bond acceptors (Lipinski definition) is 5. The molecule has 2 amide bonds. The first-order valence-electron chi connectivity index (χ1n) is 10.6. The third-order valence-electron chi connectivity index (χ3n) is 6.59. The molecule has 31 heavy (non-hydrogen) atoms. The topological polar surface area (TPSA) is 90.7 Å². The molecule has 0 saturated heterocycles. The van der Waals surface area contributed by atoms with Gasteiger partial charge in [-0.3, -0.25) is 9.59 Å². The van der Waals surface area contributed by atoms with Crippen LogP contribution < -0.4 is 20.5 Å². The second-order valence-electron chi connectivity index (χ2n) is 8.77. The highest BCUT2D eigenvalue weighted by atomic mass is 32.1. The fraction of sp³-hybridized carbons (Fsp3) is 0.500. The first-order valence-corrected chi connectivity index (χ1v) is 11.5. The molecular weight excluding hydrogens is 412 g/mol. The lowest BCUT2D eigenvalue weighted by Crippen LogP contribution is -2.29. The van der Waals surface area contributed by atoms with Gasteiger partial charge in [0.25, 0.3) is 5.91 Å². The van der Waals surface area contributed by atoms with Gasteiger partial charge in [-0.2, -0.15) is 0 Å². The van der Waals surface area contributed by atoms with E-state index in [0.29, 0.717) is 28.0 Å². The summed E-state index contributed by atoms with van der Waals surface area (Å²) in [5, 5.41) is 3.51. The van der Waals surface area contributed by atoms with Crippen molar-refractivity contribution in [3.8, 4) is 11.5 Å². The van der Waals surface area contributed by atoms with E-state index in [1.165, 1.54) is 16.2 Å². The largest absolute Gasteiger partial charge is 0.493 e. The number of carbonyl (C=O) groups excluding carboxylic acids is 2. The molecule has 0 bridgehead atoms. The lowest BCUT2D eigenvalue weighted by atomic mass is 9.69. The van der Waals surface area contributed by atoms with Crippen LogP contribution in [0.5, 0.6) is 11.5 Å². The number of hydrogen-bond donors (Lipinski definition) is 2. The second-order valence-corrected chi connectivity index (χ2v) is 9.87. The molecule has 0 radical (unpaired) electrons. The molecule has 1 aromatic heterocycles. The normalized spacial score (nSPS) is 15.8. The number of amides is 2. The number of fused-ring (bicyclic) bond motifs is 1. The van der Waals surface area contributed by atoms with E-state index in [2.05, 4.69) is 26.1 Å². The molecule has 1 aliphatic carbocycles. The Labute approximate surface area is 188 Å². The van der Waals surface area contributed by atoms with Gasteiger partial charge < -0.3 is 20.5 Å². The van der Waals surface area contributed by atoms with Crippen LogP contribution in [0.4, 0.5) is 5.00 Å². The van der Waals surface area contributed by atoms with Crippen LogP contribution in [0, 0.1) is 11.3 Å². The zero-order valence-corrected chi connectivity index (χ0v) is 19.8. The lowest BCUT2D eigenvalue weighted by molar-refractivity contribution is -0.115. The van der Waals surface area contributed by atoms with Crippen molar-refractivity contribution in [1.29, 1.82) is 0 Å². The van der Waals surface area contributed by atoms with Crippen molar-refractivity contribution in [3.05, 3.63) is 39.8 Å². The van der Waals surface area contributed by atoms with Gasteiger partial charge in [0.05, 0.1) is 26.2 Å². The Morgan fingerprint density at radius 1 is 1.23 bits per heavy atom. The highest BCUT2D eigenvalue weighted by Crippen LogP contribution is 2.45. The summed E-state index contributed by atoms with van der Waals surface area (Å²) in [6.07, 6.45) is 4.04. The molecule has 3 N–H and O–H groups in total. The van der Waals surface area contributed by atoms with Gasteiger partial charge >= 0.3 is 0 Å². The number of anilines is 1. The van der Waals surface area contributed by atoms with E-state index in [9.17, 15) is 9.59 Å². The summed E-state index contributed by atoms with van der Waals surface area (Å²) < 4.78 is 10.6. The number of ether oxygens (including phenoxy) is 2. The van der Waals surface area contributed by atoms with Crippen LogP contribution in [0.3, 0.4) is 0 Å². The molecule has 1 aliphatic rings. The number of thiophene rings is 1. The van der Waals surface area contributed by atoms with E-state index in [1.54, 1.807) is 26.4 Å². The zero-order chi connectivity index (χ0) is 22.8. The predicted molar refractivity (Wildman–Crippen MR) is 124 cm³/mol. The number of rotatable bonds is 8. The molecule has 1 heterocycles. The summed E-state index contributed by atoms with van der Waals surface area (Å²) in [5.41, 5.74) is 8.24. The fourth-order valence-corrected chi connectivity index (χ4v) is 5.59. The minimum atomic E-state index is -0.480. The number of benzene rings is 1. The second kappa shape index (κ2) is 9.30. The Morgan fingerprint density at radius 3 is 2.55 bits per heavy atom. The summed E-state index contributed by atoms with van der Waals surface area (Å²) in [4.78, 5) is 26.2. The van der Waals surface area contributed by atoms with Gasteiger partial charge in [0.2, 0.25) is 5.91 Å². The molecule has 0 spiro atoms. The van der Waals surface area contributed by atoms with E-state index >= 15 is 0 Å². The van der Waals surface area contributed by atoms with Crippen LogP contribution in [-0.4, -0.2) is 26.0 Å². The number of nitrogens with one attached hydrogen (secondary N) is 1. The maximum absolute atomic E-state index is 12.8. The van der Waals surface area contributed by atoms with E-state index in [1.807, 2.05) is 6.07 Å². The first-order chi connectivity index (χ1) is 14.7. The molecule has 1 atom stereocenters. The molecule has 6 nitrogen and oxygen atoms in total. The van der Waals surface area contributed by atoms with E-state index in [0.717, 1.165) is 36.8 Å². The maximum Gasteiger partial charge on any atom is 0.251 e. The van der Waals surface area contributed by atoms with Gasteiger partial charge in [-0.15, -0.1) is 11.3 Å². The SMILES string of the molecule is CCC(C)(C)[C@H]1CCc2c(sc(NC(=O)Cc3ccc(OC)c(OC)c3)c2C(N)=O)C1. The minimum absolute atomic E-state index is 0.159. The van der Waals surface area contributed by atoms with E-state index in [-0.39, 0.29) is 17.7 Å².